The first-order valence-corrected chi connectivity index (χ1v) is 9.58. The van der Waals surface area contributed by atoms with Gasteiger partial charge in [-0.05, 0) is 36.4 Å². The molecular weight excluding hydrogens is 415 g/mol. The average Bonchev–Trinajstić information content (AvgIpc) is 2.69. The van der Waals surface area contributed by atoms with Crippen molar-refractivity contribution in [3.05, 3.63) is 58.2 Å². The Hall–Kier alpha value is -3.03. The van der Waals surface area contributed by atoms with Crippen LogP contribution >= 0.6 is 23.2 Å². The number of pyridine rings is 1. The van der Waals surface area contributed by atoms with Gasteiger partial charge in [0, 0.05) is 28.5 Å². The molecule has 3 aromatic rings. The van der Waals surface area contributed by atoms with Gasteiger partial charge in [0.25, 0.3) is 0 Å². The third-order valence-corrected chi connectivity index (χ3v) is 5.13. The van der Waals surface area contributed by atoms with Crippen molar-refractivity contribution in [3.63, 3.8) is 0 Å². The number of benzene rings is 2. The maximum Gasteiger partial charge on any atom is 0.337 e. The monoisotopic (exact) mass is 430 g/mol. The second-order valence-corrected chi connectivity index (χ2v) is 7.44. The van der Waals surface area contributed by atoms with E-state index >= 15 is 0 Å². The molecule has 1 aliphatic rings. The second-order valence-electron chi connectivity index (χ2n) is 6.57. The predicted octanol–water partition coefficient (Wildman–Crippen LogP) is 3.92. The summed E-state index contributed by atoms with van der Waals surface area (Å²) in [5.74, 6) is -1.20. The van der Waals surface area contributed by atoms with Crippen LogP contribution in [0.3, 0.4) is 0 Å². The molecule has 1 aliphatic heterocycles. The van der Waals surface area contributed by atoms with Gasteiger partial charge >= 0.3 is 5.97 Å². The summed E-state index contributed by atoms with van der Waals surface area (Å²) in [5, 5.41) is 17.2. The van der Waals surface area contributed by atoms with E-state index in [4.69, 9.17) is 23.2 Å². The fraction of sp³-hybridized carbons (Fsp3) is 0.150. The molecule has 1 amide bonds. The van der Waals surface area contributed by atoms with E-state index in [0.29, 0.717) is 51.1 Å². The quantitative estimate of drug-likeness (QED) is 0.580. The number of aromatic carboxylic acids is 1. The van der Waals surface area contributed by atoms with Crippen LogP contribution in [0.25, 0.3) is 10.9 Å². The lowest BCUT2D eigenvalue weighted by Gasteiger charge is -2.30. The van der Waals surface area contributed by atoms with Crippen LogP contribution < -0.4 is 15.5 Å². The van der Waals surface area contributed by atoms with Crippen molar-refractivity contribution in [1.29, 1.82) is 0 Å². The van der Waals surface area contributed by atoms with Crippen molar-refractivity contribution in [2.75, 3.05) is 29.9 Å². The van der Waals surface area contributed by atoms with Crippen LogP contribution in [0.15, 0.2) is 42.6 Å². The van der Waals surface area contributed by atoms with Gasteiger partial charge in [0.05, 0.1) is 40.9 Å². The second kappa shape index (κ2) is 7.77. The normalized spacial score (nSPS) is 14.0. The van der Waals surface area contributed by atoms with Crippen LogP contribution in [-0.4, -0.2) is 41.6 Å². The number of nitrogens with one attached hydrogen (secondary N) is 2. The highest BCUT2D eigenvalue weighted by molar-refractivity contribution is 6.32. The molecule has 2 heterocycles. The van der Waals surface area contributed by atoms with E-state index in [9.17, 15) is 14.7 Å². The third kappa shape index (κ3) is 3.92. The fourth-order valence-corrected chi connectivity index (χ4v) is 3.65. The summed E-state index contributed by atoms with van der Waals surface area (Å²) in [4.78, 5) is 30.0. The first kappa shape index (κ1) is 19.3. The zero-order valence-electron chi connectivity index (χ0n) is 15.1. The minimum Gasteiger partial charge on any atom is -0.478 e. The number of aromatic nitrogens is 1. The van der Waals surface area contributed by atoms with Gasteiger partial charge in [0.15, 0.2) is 0 Å². The zero-order valence-corrected chi connectivity index (χ0v) is 16.6. The minimum atomic E-state index is -1.11. The Morgan fingerprint density at radius 2 is 1.93 bits per heavy atom. The SMILES string of the molecule is O=C1CN(c2cnc3ccc(Cl)cc3c2Nc2ccc(Cl)cc2C(=O)O)CCN1. The number of amides is 1. The fourth-order valence-electron chi connectivity index (χ4n) is 3.31. The summed E-state index contributed by atoms with van der Waals surface area (Å²) in [5.41, 5.74) is 2.40. The lowest BCUT2D eigenvalue weighted by atomic mass is 10.1. The molecule has 1 aromatic heterocycles. The summed E-state index contributed by atoms with van der Waals surface area (Å²) >= 11 is 12.2. The van der Waals surface area contributed by atoms with Crippen molar-refractivity contribution in [2.45, 2.75) is 0 Å². The molecule has 4 rings (SSSR count). The first-order valence-electron chi connectivity index (χ1n) is 8.82. The van der Waals surface area contributed by atoms with Crippen LogP contribution in [0.4, 0.5) is 17.1 Å². The number of rotatable bonds is 4. The molecule has 9 heteroatoms. The first-order chi connectivity index (χ1) is 13.9. The molecule has 0 saturated carbocycles. The maximum absolute atomic E-state index is 11.9. The molecule has 0 spiro atoms. The number of anilines is 3. The lowest BCUT2D eigenvalue weighted by Crippen LogP contribution is -2.47. The average molecular weight is 431 g/mol. The van der Waals surface area contributed by atoms with Gasteiger partial charge in [-0.25, -0.2) is 4.79 Å². The van der Waals surface area contributed by atoms with E-state index in [1.807, 2.05) is 4.90 Å². The van der Waals surface area contributed by atoms with Crippen LogP contribution in [0.1, 0.15) is 10.4 Å². The molecule has 0 aliphatic carbocycles. The van der Waals surface area contributed by atoms with Gasteiger partial charge < -0.3 is 20.6 Å². The van der Waals surface area contributed by atoms with Crippen LogP contribution in [0.2, 0.25) is 10.0 Å². The smallest absolute Gasteiger partial charge is 0.337 e. The number of piperazine rings is 1. The Morgan fingerprint density at radius 1 is 1.17 bits per heavy atom. The number of carboxylic acid groups (broad SMARTS) is 1. The molecule has 7 nitrogen and oxygen atoms in total. The molecule has 3 N–H and O–H groups in total. The number of carboxylic acids is 1. The Balaban J connectivity index is 1.89. The highest BCUT2D eigenvalue weighted by Gasteiger charge is 2.22. The molecule has 0 radical (unpaired) electrons. The number of hydrogen-bond donors (Lipinski definition) is 3. The van der Waals surface area contributed by atoms with Crippen LogP contribution in [0.5, 0.6) is 0 Å². The lowest BCUT2D eigenvalue weighted by molar-refractivity contribution is -0.120. The summed E-state index contributed by atoms with van der Waals surface area (Å²) in [6, 6.07) is 9.89. The van der Waals surface area contributed by atoms with E-state index in [0.717, 1.165) is 0 Å². The van der Waals surface area contributed by atoms with Gasteiger partial charge in [-0.1, -0.05) is 23.2 Å². The van der Waals surface area contributed by atoms with Gasteiger partial charge in [-0.15, -0.1) is 0 Å². The summed E-state index contributed by atoms with van der Waals surface area (Å²) in [6.07, 6.45) is 1.67. The molecule has 0 unspecified atom stereocenters. The summed E-state index contributed by atoms with van der Waals surface area (Å²) in [6.45, 7) is 1.28. The molecule has 2 aromatic carbocycles. The van der Waals surface area contributed by atoms with E-state index in [1.54, 1.807) is 36.5 Å². The molecule has 1 fully saturated rings. The van der Waals surface area contributed by atoms with Crippen molar-refractivity contribution >= 4 is 63.0 Å². The van der Waals surface area contributed by atoms with E-state index in [1.165, 1.54) is 6.07 Å². The van der Waals surface area contributed by atoms with Crippen molar-refractivity contribution < 1.29 is 14.7 Å². The number of fused-ring (bicyclic) bond motifs is 1. The third-order valence-electron chi connectivity index (χ3n) is 4.66. The van der Waals surface area contributed by atoms with Crippen LogP contribution in [-0.2, 0) is 4.79 Å². The Labute approximate surface area is 176 Å². The number of carbonyl (C=O) groups excluding carboxylic acids is 1. The Bertz CT molecular complexity index is 1140. The highest BCUT2D eigenvalue weighted by Crippen LogP contribution is 2.37. The molecular formula is C20H16Cl2N4O3. The molecule has 0 atom stereocenters. The van der Waals surface area contributed by atoms with Crippen molar-refractivity contribution in [2.24, 2.45) is 0 Å². The van der Waals surface area contributed by atoms with E-state index in [-0.39, 0.29) is 18.0 Å². The van der Waals surface area contributed by atoms with Gasteiger partial charge in [0.2, 0.25) is 5.91 Å². The van der Waals surface area contributed by atoms with Gasteiger partial charge in [-0.2, -0.15) is 0 Å². The number of nitrogens with zero attached hydrogens (tertiary/aromatic N) is 2. The number of hydrogen-bond acceptors (Lipinski definition) is 5. The summed E-state index contributed by atoms with van der Waals surface area (Å²) < 4.78 is 0. The van der Waals surface area contributed by atoms with Crippen molar-refractivity contribution in [1.82, 2.24) is 10.3 Å². The number of halogens is 2. The zero-order chi connectivity index (χ0) is 20.5. The Morgan fingerprint density at radius 3 is 2.69 bits per heavy atom. The molecule has 0 bridgehead atoms. The molecule has 1 saturated heterocycles. The van der Waals surface area contributed by atoms with Gasteiger partial charge in [0.1, 0.15) is 0 Å². The van der Waals surface area contributed by atoms with Crippen LogP contribution in [0, 0.1) is 0 Å². The predicted molar refractivity (Wildman–Crippen MR) is 114 cm³/mol. The molecule has 29 heavy (non-hydrogen) atoms. The minimum absolute atomic E-state index is 0.0341. The van der Waals surface area contributed by atoms with E-state index < -0.39 is 5.97 Å². The maximum atomic E-state index is 11.9. The largest absolute Gasteiger partial charge is 0.478 e. The summed E-state index contributed by atoms with van der Waals surface area (Å²) in [7, 11) is 0. The topological polar surface area (TPSA) is 94.6 Å². The van der Waals surface area contributed by atoms with E-state index in [2.05, 4.69) is 15.6 Å². The Kier molecular flexibility index (Phi) is 5.17. The number of carbonyl (C=O) groups is 2. The van der Waals surface area contributed by atoms with Crippen molar-refractivity contribution in [3.8, 4) is 0 Å². The molecule has 148 valence electrons. The standard InChI is InChI=1S/C20H16Cl2N4O3/c21-11-1-3-15-13(7-11)19(17(9-24-15)26-6-5-23-18(27)10-26)25-16-4-2-12(22)8-14(16)20(28)29/h1-4,7-9H,5-6,10H2,(H,23,27)(H,24,25)(H,28,29). The highest BCUT2D eigenvalue weighted by atomic mass is 35.5. The van der Waals surface area contributed by atoms with Gasteiger partial charge in [-0.3, -0.25) is 9.78 Å².